The Bertz CT molecular complexity index is 1030. The van der Waals surface area contributed by atoms with Gasteiger partial charge in [0.05, 0.1) is 6.61 Å². The van der Waals surface area contributed by atoms with Crippen LogP contribution in [0, 0.1) is 0 Å². The van der Waals surface area contributed by atoms with Crippen molar-refractivity contribution in [3.05, 3.63) is 119 Å². The van der Waals surface area contributed by atoms with Crippen molar-refractivity contribution in [1.29, 1.82) is 0 Å². The van der Waals surface area contributed by atoms with Crippen molar-refractivity contribution >= 4 is 17.6 Å². The number of halogens is 1. The molecule has 30 heavy (non-hydrogen) atoms. The van der Waals surface area contributed by atoms with E-state index in [4.69, 9.17) is 16.3 Å². The fourth-order valence-electron chi connectivity index (χ4n) is 3.69. The third kappa shape index (κ3) is 3.37. The molecule has 0 atom stereocenters. The lowest BCUT2D eigenvalue weighted by Gasteiger charge is -2.36. The van der Waals surface area contributed by atoms with Gasteiger partial charge in [0.2, 0.25) is 5.28 Å². The molecule has 0 radical (unpaired) electrons. The van der Waals surface area contributed by atoms with Crippen LogP contribution in [0.5, 0.6) is 0 Å². The van der Waals surface area contributed by atoms with Gasteiger partial charge in [0.25, 0.3) is 5.82 Å². The van der Waals surface area contributed by atoms with Crippen LogP contribution < -0.4 is 0 Å². The predicted octanol–water partition coefficient (Wildman–Crippen LogP) is 4.95. The number of aromatic nitrogens is 3. The zero-order valence-electron chi connectivity index (χ0n) is 16.4. The molecule has 0 fully saturated rings. The Kier molecular flexibility index (Phi) is 5.63. The number of nitrogens with zero attached hydrogens (tertiary/aromatic N) is 3. The molecule has 0 saturated heterocycles. The summed E-state index contributed by atoms with van der Waals surface area (Å²) in [6.07, 6.45) is 0. The number of esters is 1. The Morgan fingerprint density at radius 1 is 0.867 bits per heavy atom. The first-order chi connectivity index (χ1) is 14.7. The second-order valence-electron chi connectivity index (χ2n) is 6.65. The molecule has 4 aromatic rings. The van der Waals surface area contributed by atoms with E-state index in [0.717, 1.165) is 16.7 Å². The maximum atomic E-state index is 12.3. The molecule has 0 amide bonds. The summed E-state index contributed by atoms with van der Waals surface area (Å²) >= 11 is 6.60. The van der Waals surface area contributed by atoms with Gasteiger partial charge in [-0.05, 0) is 35.2 Å². The molecule has 1 aromatic heterocycles. The number of hydrogen-bond donors (Lipinski definition) is 0. The summed E-state index contributed by atoms with van der Waals surface area (Å²) in [5.74, 6) is -0.685. The van der Waals surface area contributed by atoms with Crippen molar-refractivity contribution in [1.82, 2.24) is 14.8 Å². The van der Waals surface area contributed by atoms with Crippen LogP contribution in [0.3, 0.4) is 0 Å². The van der Waals surface area contributed by atoms with Gasteiger partial charge in [0, 0.05) is 0 Å². The number of hydrogen-bond acceptors (Lipinski definition) is 4. The standard InChI is InChI=1S/C24H20ClN3O2/c1-2-30-22(29)21-26-23(25)28(27-21)24(18-12-6-3-7-13-18,19-14-8-4-9-15-19)20-16-10-5-11-17-20/h3-17H,2H2,1H3. The number of ether oxygens (including phenoxy) is 1. The average molecular weight is 418 g/mol. The molecule has 6 heteroatoms. The van der Waals surface area contributed by atoms with E-state index in [-0.39, 0.29) is 17.7 Å². The summed E-state index contributed by atoms with van der Waals surface area (Å²) in [5, 5.41) is 4.62. The Morgan fingerprint density at radius 2 is 1.30 bits per heavy atom. The van der Waals surface area contributed by atoms with Gasteiger partial charge in [-0.1, -0.05) is 91.0 Å². The first-order valence-corrected chi connectivity index (χ1v) is 10.0. The van der Waals surface area contributed by atoms with Crippen molar-refractivity contribution in [3.63, 3.8) is 0 Å². The number of carbonyl (C=O) groups is 1. The lowest BCUT2D eigenvalue weighted by Crippen LogP contribution is -2.39. The van der Waals surface area contributed by atoms with E-state index in [1.165, 1.54) is 0 Å². The minimum atomic E-state index is -0.932. The van der Waals surface area contributed by atoms with E-state index in [9.17, 15) is 4.79 Å². The Hall–Kier alpha value is -3.44. The van der Waals surface area contributed by atoms with Crippen LogP contribution in [0.25, 0.3) is 0 Å². The Morgan fingerprint density at radius 3 is 1.70 bits per heavy atom. The smallest absolute Gasteiger partial charge is 0.378 e. The molecular formula is C24H20ClN3O2. The Labute approximate surface area is 179 Å². The third-order valence-electron chi connectivity index (χ3n) is 4.92. The normalized spacial score (nSPS) is 11.3. The first-order valence-electron chi connectivity index (χ1n) is 9.64. The van der Waals surface area contributed by atoms with Crippen molar-refractivity contribution < 1.29 is 9.53 Å². The molecule has 4 rings (SSSR count). The van der Waals surface area contributed by atoms with Crippen molar-refractivity contribution in [2.75, 3.05) is 6.61 Å². The van der Waals surface area contributed by atoms with Gasteiger partial charge in [-0.2, -0.15) is 4.98 Å². The second-order valence-corrected chi connectivity index (χ2v) is 6.98. The molecule has 1 heterocycles. The van der Waals surface area contributed by atoms with Gasteiger partial charge in [-0.3, -0.25) is 0 Å². The molecule has 0 aliphatic carbocycles. The van der Waals surface area contributed by atoms with Crippen LogP contribution in [0.1, 0.15) is 34.2 Å². The molecule has 3 aromatic carbocycles. The number of rotatable bonds is 6. The molecule has 150 valence electrons. The van der Waals surface area contributed by atoms with E-state index in [1.54, 1.807) is 11.6 Å². The van der Waals surface area contributed by atoms with E-state index in [0.29, 0.717) is 0 Å². The van der Waals surface area contributed by atoms with Crippen molar-refractivity contribution in [2.45, 2.75) is 12.5 Å². The van der Waals surface area contributed by atoms with E-state index < -0.39 is 11.5 Å². The molecule has 0 unspecified atom stereocenters. The van der Waals surface area contributed by atoms with Crippen molar-refractivity contribution in [2.24, 2.45) is 0 Å². The lowest BCUT2D eigenvalue weighted by molar-refractivity contribution is 0.0511. The lowest BCUT2D eigenvalue weighted by atomic mass is 9.77. The van der Waals surface area contributed by atoms with Crippen LogP contribution >= 0.6 is 11.6 Å². The molecule has 0 aliphatic heterocycles. The maximum Gasteiger partial charge on any atom is 0.378 e. The van der Waals surface area contributed by atoms with E-state index in [1.807, 2.05) is 91.0 Å². The fourth-order valence-corrected chi connectivity index (χ4v) is 3.94. The topological polar surface area (TPSA) is 57.0 Å². The largest absolute Gasteiger partial charge is 0.460 e. The van der Waals surface area contributed by atoms with Crippen LogP contribution in [-0.4, -0.2) is 27.3 Å². The van der Waals surface area contributed by atoms with Gasteiger partial charge in [0.1, 0.15) is 5.54 Å². The van der Waals surface area contributed by atoms with Crippen LogP contribution in [0.15, 0.2) is 91.0 Å². The summed E-state index contributed by atoms with van der Waals surface area (Å²) in [6, 6.07) is 29.8. The fraction of sp³-hybridized carbons (Fsp3) is 0.125. The second kappa shape index (κ2) is 8.51. The number of carbonyl (C=O) groups excluding carboxylic acids is 1. The highest BCUT2D eigenvalue weighted by Crippen LogP contribution is 2.41. The van der Waals surface area contributed by atoms with Gasteiger partial charge in [-0.25, -0.2) is 9.48 Å². The molecule has 5 nitrogen and oxygen atoms in total. The Balaban J connectivity index is 2.08. The first kappa shape index (κ1) is 19.9. The summed E-state index contributed by atoms with van der Waals surface area (Å²) in [6.45, 7) is 1.96. The molecule has 0 spiro atoms. The summed E-state index contributed by atoms with van der Waals surface area (Å²) in [5.41, 5.74) is 1.87. The van der Waals surface area contributed by atoms with Crippen molar-refractivity contribution in [3.8, 4) is 0 Å². The SMILES string of the molecule is CCOC(=O)c1nc(Cl)n(C(c2ccccc2)(c2ccccc2)c2ccccc2)n1. The molecule has 0 saturated carbocycles. The van der Waals surface area contributed by atoms with Gasteiger partial charge >= 0.3 is 5.97 Å². The zero-order valence-corrected chi connectivity index (χ0v) is 17.2. The molecule has 0 N–H and O–H groups in total. The highest BCUT2D eigenvalue weighted by atomic mass is 35.5. The highest BCUT2D eigenvalue weighted by molar-refractivity contribution is 6.28. The summed E-state index contributed by atoms with van der Waals surface area (Å²) < 4.78 is 6.69. The van der Waals surface area contributed by atoms with Crippen LogP contribution in [0.4, 0.5) is 0 Å². The predicted molar refractivity (Wildman–Crippen MR) is 116 cm³/mol. The number of benzene rings is 3. The average Bonchev–Trinajstić information content (AvgIpc) is 3.19. The van der Waals surface area contributed by atoms with Gasteiger partial charge in [0.15, 0.2) is 0 Å². The van der Waals surface area contributed by atoms with E-state index in [2.05, 4.69) is 10.1 Å². The maximum absolute atomic E-state index is 12.3. The third-order valence-corrected chi connectivity index (χ3v) is 5.16. The molecule has 0 bridgehead atoms. The monoisotopic (exact) mass is 417 g/mol. The van der Waals surface area contributed by atoms with Crippen LogP contribution in [-0.2, 0) is 10.3 Å². The molecule has 0 aliphatic rings. The zero-order chi connectivity index (χ0) is 21.0. The van der Waals surface area contributed by atoms with Crippen LogP contribution in [0.2, 0.25) is 5.28 Å². The quantitative estimate of drug-likeness (QED) is 0.329. The summed E-state index contributed by atoms with van der Waals surface area (Å²) in [4.78, 5) is 16.5. The minimum absolute atomic E-state index is 0.0750. The van der Waals surface area contributed by atoms with Gasteiger partial charge in [-0.15, -0.1) is 5.10 Å². The summed E-state index contributed by atoms with van der Waals surface area (Å²) in [7, 11) is 0. The minimum Gasteiger partial charge on any atom is -0.460 e. The molecular weight excluding hydrogens is 398 g/mol. The van der Waals surface area contributed by atoms with Gasteiger partial charge < -0.3 is 4.74 Å². The highest BCUT2D eigenvalue weighted by Gasteiger charge is 2.41. The van der Waals surface area contributed by atoms with E-state index >= 15 is 0 Å².